The highest BCUT2D eigenvalue weighted by Crippen LogP contribution is 2.13. The number of aliphatic hydroxyl groups is 1. The molecular weight excluding hydrogens is 178 g/mol. The molecule has 1 atom stereocenters. The molecule has 0 saturated carbocycles. The summed E-state index contributed by atoms with van der Waals surface area (Å²) in [6, 6.07) is 6.98. The maximum atomic E-state index is 11.5. The first-order valence-electron chi connectivity index (χ1n) is 4.52. The van der Waals surface area contributed by atoms with E-state index in [0.29, 0.717) is 5.56 Å². The topological polar surface area (TPSA) is 40.5 Å². The second-order valence-electron chi connectivity index (χ2n) is 3.50. The average molecular weight is 193 g/mol. The molecule has 0 heterocycles. The lowest BCUT2D eigenvalue weighted by Crippen LogP contribution is -2.21. The number of hydrogen-bond donors (Lipinski definition) is 1. The van der Waals surface area contributed by atoms with Gasteiger partial charge in [-0.1, -0.05) is 12.1 Å². The normalized spacial score (nSPS) is 12.3. The summed E-state index contributed by atoms with van der Waals surface area (Å²) >= 11 is 0. The van der Waals surface area contributed by atoms with Crippen molar-refractivity contribution < 1.29 is 9.90 Å². The lowest BCUT2D eigenvalue weighted by Gasteiger charge is -2.11. The minimum absolute atomic E-state index is 0.0258. The fourth-order valence-electron chi connectivity index (χ4n) is 1.16. The summed E-state index contributed by atoms with van der Waals surface area (Å²) in [4.78, 5) is 13.0. The van der Waals surface area contributed by atoms with E-state index in [-0.39, 0.29) is 5.91 Å². The fourth-order valence-corrected chi connectivity index (χ4v) is 1.16. The van der Waals surface area contributed by atoms with E-state index in [2.05, 4.69) is 0 Å². The van der Waals surface area contributed by atoms with Gasteiger partial charge in [0, 0.05) is 19.7 Å². The molecule has 1 N–H and O–H groups in total. The molecule has 1 amide bonds. The Labute approximate surface area is 84.0 Å². The zero-order valence-corrected chi connectivity index (χ0v) is 8.69. The molecule has 0 aliphatic heterocycles. The highest BCUT2D eigenvalue weighted by molar-refractivity contribution is 5.93. The van der Waals surface area contributed by atoms with Crippen LogP contribution in [0, 0.1) is 0 Å². The molecule has 0 bridgehead atoms. The van der Waals surface area contributed by atoms with Crippen molar-refractivity contribution in [3.05, 3.63) is 35.4 Å². The van der Waals surface area contributed by atoms with E-state index in [1.807, 2.05) is 0 Å². The van der Waals surface area contributed by atoms with E-state index >= 15 is 0 Å². The third kappa shape index (κ3) is 2.33. The number of carbonyl (C=O) groups excluding carboxylic acids is 1. The molecule has 3 heteroatoms. The van der Waals surface area contributed by atoms with E-state index < -0.39 is 6.10 Å². The third-order valence-electron chi connectivity index (χ3n) is 2.05. The van der Waals surface area contributed by atoms with E-state index in [1.54, 1.807) is 45.3 Å². The van der Waals surface area contributed by atoms with Gasteiger partial charge in [0.1, 0.15) is 0 Å². The first kappa shape index (κ1) is 10.7. The van der Waals surface area contributed by atoms with Crippen LogP contribution in [0.15, 0.2) is 24.3 Å². The van der Waals surface area contributed by atoms with Crippen molar-refractivity contribution in [3.63, 3.8) is 0 Å². The van der Waals surface area contributed by atoms with Crippen LogP contribution in [0.3, 0.4) is 0 Å². The summed E-state index contributed by atoms with van der Waals surface area (Å²) in [7, 11) is 3.43. The van der Waals surface area contributed by atoms with Crippen molar-refractivity contribution in [2.45, 2.75) is 13.0 Å². The van der Waals surface area contributed by atoms with Gasteiger partial charge in [0.15, 0.2) is 0 Å². The number of carbonyl (C=O) groups is 1. The van der Waals surface area contributed by atoms with Crippen LogP contribution in [-0.4, -0.2) is 30.0 Å². The highest BCUT2D eigenvalue weighted by Gasteiger charge is 2.08. The van der Waals surface area contributed by atoms with Crippen molar-refractivity contribution in [2.24, 2.45) is 0 Å². The van der Waals surface area contributed by atoms with E-state index in [9.17, 15) is 9.90 Å². The molecule has 1 aromatic carbocycles. The summed E-state index contributed by atoms with van der Waals surface area (Å²) in [6.07, 6.45) is -0.487. The van der Waals surface area contributed by atoms with Gasteiger partial charge < -0.3 is 10.0 Å². The zero-order chi connectivity index (χ0) is 10.7. The number of aliphatic hydroxyl groups excluding tert-OH is 1. The molecule has 1 aromatic rings. The minimum atomic E-state index is -0.487. The van der Waals surface area contributed by atoms with Crippen LogP contribution in [-0.2, 0) is 0 Å². The van der Waals surface area contributed by atoms with E-state index in [0.717, 1.165) is 5.56 Å². The quantitative estimate of drug-likeness (QED) is 0.772. The lowest BCUT2D eigenvalue weighted by molar-refractivity contribution is 0.0827. The lowest BCUT2D eigenvalue weighted by atomic mass is 10.1. The predicted molar refractivity (Wildman–Crippen MR) is 55.1 cm³/mol. The van der Waals surface area contributed by atoms with Gasteiger partial charge in [0.25, 0.3) is 5.91 Å². The van der Waals surface area contributed by atoms with Gasteiger partial charge in [-0.25, -0.2) is 0 Å². The van der Waals surface area contributed by atoms with Crippen LogP contribution in [0.2, 0.25) is 0 Å². The maximum absolute atomic E-state index is 11.5. The van der Waals surface area contributed by atoms with E-state index in [1.165, 1.54) is 4.90 Å². The first-order chi connectivity index (χ1) is 6.52. The van der Waals surface area contributed by atoms with E-state index in [4.69, 9.17) is 0 Å². The van der Waals surface area contributed by atoms with Crippen LogP contribution in [0.25, 0.3) is 0 Å². The van der Waals surface area contributed by atoms with Crippen LogP contribution in [0.1, 0.15) is 28.9 Å². The molecule has 76 valence electrons. The van der Waals surface area contributed by atoms with Crippen molar-refractivity contribution in [2.75, 3.05) is 14.1 Å². The average Bonchev–Trinajstić information content (AvgIpc) is 2.16. The molecule has 0 aromatic heterocycles. The number of amides is 1. The van der Waals surface area contributed by atoms with Gasteiger partial charge in [0.2, 0.25) is 0 Å². The number of hydrogen-bond acceptors (Lipinski definition) is 2. The molecule has 0 unspecified atom stereocenters. The molecule has 0 spiro atoms. The third-order valence-corrected chi connectivity index (χ3v) is 2.05. The van der Waals surface area contributed by atoms with Gasteiger partial charge in [-0.05, 0) is 24.6 Å². The Bertz CT molecular complexity index is 315. The van der Waals surface area contributed by atoms with Gasteiger partial charge >= 0.3 is 0 Å². The van der Waals surface area contributed by atoms with Crippen LogP contribution >= 0.6 is 0 Å². The molecule has 0 fully saturated rings. The first-order valence-corrected chi connectivity index (χ1v) is 4.52. The minimum Gasteiger partial charge on any atom is -0.389 e. The molecule has 0 radical (unpaired) electrons. The van der Waals surface area contributed by atoms with Crippen LogP contribution in [0.4, 0.5) is 0 Å². The van der Waals surface area contributed by atoms with Crippen molar-refractivity contribution in [1.82, 2.24) is 4.90 Å². The number of rotatable bonds is 2. The molecule has 0 aliphatic carbocycles. The Morgan fingerprint density at radius 2 is 1.79 bits per heavy atom. The molecule has 3 nitrogen and oxygen atoms in total. The Kier molecular flexibility index (Phi) is 3.25. The summed E-state index contributed by atoms with van der Waals surface area (Å²) < 4.78 is 0. The second kappa shape index (κ2) is 4.24. The molecule has 0 aliphatic rings. The maximum Gasteiger partial charge on any atom is 0.253 e. The van der Waals surface area contributed by atoms with Gasteiger partial charge in [0.05, 0.1) is 6.10 Å². The van der Waals surface area contributed by atoms with Crippen molar-refractivity contribution in [3.8, 4) is 0 Å². The van der Waals surface area contributed by atoms with Crippen LogP contribution < -0.4 is 0 Å². The standard InChI is InChI=1S/C11H15NO2/c1-8(13)9-4-6-10(7-5-9)11(14)12(2)3/h4-8,13H,1-3H3/t8-/m1/s1. The largest absolute Gasteiger partial charge is 0.389 e. The Morgan fingerprint density at radius 1 is 1.29 bits per heavy atom. The zero-order valence-electron chi connectivity index (χ0n) is 8.69. The van der Waals surface area contributed by atoms with Gasteiger partial charge in [-0.3, -0.25) is 4.79 Å². The van der Waals surface area contributed by atoms with Crippen LogP contribution in [0.5, 0.6) is 0 Å². The van der Waals surface area contributed by atoms with Crippen molar-refractivity contribution >= 4 is 5.91 Å². The second-order valence-corrected chi connectivity index (χ2v) is 3.50. The monoisotopic (exact) mass is 193 g/mol. The Balaban J connectivity index is 2.89. The smallest absolute Gasteiger partial charge is 0.253 e. The number of nitrogens with zero attached hydrogens (tertiary/aromatic N) is 1. The van der Waals surface area contributed by atoms with Gasteiger partial charge in [-0.15, -0.1) is 0 Å². The SMILES string of the molecule is C[C@@H](O)c1ccc(C(=O)N(C)C)cc1. The molecular formula is C11H15NO2. The molecule has 1 rings (SSSR count). The molecule has 14 heavy (non-hydrogen) atoms. The fraction of sp³-hybridized carbons (Fsp3) is 0.364. The summed E-state index contributed by atoms with van der Waals surface area (Å²) in [5, 5.41) is 9.27. The summed E-state index contributed by atoms with van der Waals surface area (Å²) in [6.45, 7) is 1.70. The summed E-state index contributed by atoms with van der Waals surface area (Å²) in [5.74, 6) is -0.0258. The Morgan fingerprint density at radius 3 is 2.14 bits per heavy atom. The predicted octanol–water partition coefficient (Wildman–Crippen LogP) is 1.44. The van der Waals surface area contributed by atoms with Gasteiger partial charge in [-0.2, -0.15) is 0 Å². The molecule has 0 saturated heterocycles. The summed E-state index contributed by atoms with van der Waals surface area (Å²) in [5.41, 5.74) is 1.46. The number of benzene rings is 1. The highest BCUT2D eigenvalue weighted by atomic mass is 16.3. The van der Waals surface area contributed by atoms with Crippen molar-refractivity contribution in [1.29, 1.82) is 0 Å². The Hall–Kier alpha value is -1.35.